The van der Waals surface area contributed by atoms with E-state index < -0.39 is 5.91 Å². The van der Waals surface area contributed by atoms with E-state index in [1.807, 2.05) is 0 Å². The predicted octanol–water partition coefficient (Wildman–Crippen LogP) is 0.424. The van der Waals surface area contributed by atoms with Crippen molar-refractivity contribution in [1.82, 2.24) is 5.32 Å². The van der Waals surface area contributed by atoms with E-state index in [0.29, 0.717) is 26.9 Å². The molecular weight excluding hydrogens is 224 g/mol. The average Bonchev–Trinajstić information content (AvgIpc) is 2.51. The number of carbonyl (C=O) groups excluding carboxylic acids is 1. The lowest BCUT2D eigenvalue weighted by molar-refractivity contribution is -0.113. The van der Waals surface area contributed by atoms with Gasteiger partial charge in [0, 0.05) is 23.8 Å². The lowest BCUT2D eigenvalue weighted by Gasteiger charge is -2.03. The highest BCUT2D eigenvalue weighted by Gasteiger charge is 2.27. The van der Waals surface area contributed by atoms with Gasteiger partial charge < -0.3 is 16.8 Å². The van der Waals surface area contributed by atoms with Gasteiger partial charge in [0.25, 0.3) is 5.91 Å². The Hall–Kier alpha value is -1.69. The van der Waals surface area contributed by atoms with E-state index in [9.17, 15) is 4.79 Å². The molecule has 0 aromatic rings. The number of hydrogen-bond acceptors (Lipinski definition) is 5. The lowest BCUT2D eigenvalue weighted by atomic mass is 10.2. The SMILES string of the molecule is C=C1SC(C(N)=O)=C(NC)/C1=N/C=C(/C)N. The normalized spacial score (nSPS) is 19.5. The van der Waals surface area contributed by atoms with Crippen LogP contribution in [-0.2, 0) is 4.79 Å². The zero-order valence-corrected chi connectivity index (χ0v) is 10.0. The minimum absolute atomic E-state index is 0.425. The van der Waals surface area contributed by atoms with Gasteiger partial charge in [-0.2, -0.15) is 0 Å². The number of nitrogens with zero attached hydrogens (tertiary/aromatic N) is 1. The third kappa shape index (κ3) is 2.46. The van der Waals surface area contributed by atoms with E-state index in [4.69, 9.17) is 11.5 Å². The van der Waals surface area contributed by atoms with Gasteiger partial charge in [-0.05, 0) is 6.92 Å². The standard InChI is InChI=1S/C10H14N4OS/c1-5(11)4-14-7-6(2)16-9(10(12)15)8(7)13-3/h4,13H,2,11H2,1,3H3,(H2,12,15)/b5-4-,14-7+. The summed E-state index contributed by atoms with van der Waals surface area (Å²) in [5.41, 5.74) is 12.5. The summed E-state index contributed by atoms with van der Waals surface area (Å²) in [7, 11) is 1.70. The number of nitrogens with two attached hydrogens (primary N) is 2. The molecular formula is C10H14N4OS. The molecule has 0 saturated heterocycles. The molecule has 0 atom stereocenters. The molecule has 5 nitrogen and oxygen atoms in total. The third-order valence-electron chi connectivity index (χ3n) is 1.82. The molecule has 1 amide bonds. The minimum atomic E-state index is -0.492. The van der Waals surface area contributed by atoms with Gasteiger partial charge in [-0.1, -0.05) is 18.3 Å². The second kappa shape index (κ2) is 4.89. The summed E-state index contributed by atoms with van der Waals surface area (Å²) in [5, 5.41) is 2.90. The highest BCUT2D eigenvalue weighted by Crippen LogP contribution is 2.36. The van der Waals surface area contributed by atoms with Crippen molar-refractivity contribution < 1.29 is 4.79 Å². The van der Waals surface area contributed by atoms with Gasteiger partial charge in [-0.25, -0.2) is 0 Å². The quantitative estimate of drug-likeness (QED) is 0.664. The van der Waals surface area contributed by atoms with Gasteiger partial charge in [0.2, 0.25) is 0 Å². The van der Waals surface area contributed by atoms with Crippen LogP contribution in [0.1, 0.15) is 6.92 Å². The molecule has 0 spiro atoms. The number of hydrogen-bond donors (Lipinski definition) is 3. The molecule has 0 unspecified atom stereocenters. The molecule has 0 saturated carbocycles. The molecule has 0 radical (unpaired) electrons. The molecule has 0 aromatic carbocycles. The highest BCUT2D eigenvalue weighted by molar-refractivity contribution is 8.09. The summed E-state index contributed by atoms with van der Waals surface area (Å²) < 4.78 is 0. The van der Waals surface area contributed by atoms with Crippen molar-refractivity contribution in [2.75, 3.05) is 7.05 Å². The summed E-state index contributed by atoms with van der Waals surface area (Å²) in [5.74, 6) is -0.492. The second-order valence-electron chi connectivity index (χ2n) is 3.19. The number of thioether (sulfide) groups is 1. The first-order valence-corrected chi connectivity index (χ1v) is 5.38. The maximum absolute atomic E-state index is 11.2. The van der Waals surface area contributed by atoms with Gasteiger partial charge in [-0.3, -0.25) is 9.79 Å². The number of carbonyl (C=O) groups is 1. The molecule has 1 aliphatic rings. The van der Waals surface area contributed by atoms with Crippen molar-refractivity contribution in [3.8, 4) is 0 Å². The van der Waals surface area contributed by atoms with E-state index >= 15 is 0 Å². The number of amides is 1. The van der Waals surface area contributed by atoms with Crippen LogP contribution < -0.4 is 16.8 Å². The van der Waals surface area contributed by atoms with Gasteiger partial charge in [0.1, 0.15) is 10.6 Å². The number of rotatable bonds is 3. The molecule has 0 aliphatic carbocycles. The molecule has 0 aromatic heterocycles. The number of aliphatic imine (C=N–C) groups is 1. The Morgan fingerprint density at radius 1 is 1.56 bits per heavy atom. The van der Waals surface area contributed by atoms with Gasteiger partial charge in [0.15, 0.2) is 0 Å². The van der Waals surface area contributed by atoms with E-state index in [1.165, 1.54) is 18.0 Å². The second-order valence-corrected chi connectivity index (χ2v) is 4.30. The maximum Gasteiger partial charge on any atom is 0.257 e. The summed E-state index contributed by atoms with van der Waals surface area (Å²) in [6, 6.07) is 0. The zero-order chi connectivity index (χ0) is 12.3. The zero-order valence-electron chi connectivity index (χ0n) is 9.20. The van der Waals surface area contributed by atoms with Crippen molar-refractivity contribution in [2.24, 2.45) is 16.5 Å². The molecule has 1 rings (SSSR count). The summed E-state index contributed by atoms with van der Waals surface area (Å²) in [6.07, 6.45) is 1.52. The number of allylic oxidation sites excluding steroid dienone is 2. The first kappa shape index (κ1) is 12.4. The Balaban J connectivity index is 3.19. The van der Waals surface area contributed by atoms with Crippen LogP contribution in [0.4, 0.5) is 0 Å². The van der Waals surface area contributed by atoms with Crippen LogP contribution in [0.2, 0.25) is 0 Å². The first-order valence-electron chi connectivity index (χ1n) is 4.56. The molecule has 1 aliphatic heterocycles. The van der Waals surface area contributed by atoms with Crippen LogP contribution in [0.15, 0.2) is 39.0 Å². The van der Waals surface area contributed by atoms with Crippen LogP contribution in [0.3, 0.4) is 0 Å². The molecule has 86 valence electrons. The Bertz CT molecular complexity index is 430. The Kier molecular flexibility index (Phi) is 3.78. The van der Waals surface area contributed by atoms with Crippen LogP contribution >= 0.6 is 11.8 Å². The predicted molar refractivity (Wildman–Crippen MR) is 67.4 cm³/mol. The van der Waals surface area contributed by atoms with Crippen LogP contribution in [0.5, 0.6) is 0 Å². The summed E-state index contributed by atoms with van der Waals surface area (Å²) >= 11 is 1.21. The third-order valence-corrected chi connectivity index (χ3v) is 2.87. The first-order chi connectivity index (χ1) is 7.47. The smallest absolute Gasteiger partial charge is 0.257 e. The van der Waals surface area contributed by atoms with Crippen molar-refractivity contribution >= 4 is 23.4 Å². The lowest BCUT2D eigenvalue weighted by Crippen LogP contribution is -2.19. The largest absolute Gasteiger partial charge is 0.401 e. The fourth-order valence-electron chi connectivity index (χ4n) is 1.18. The Morgan fingerprint density at radius 3 is 2.62 bits per heavy atom. The van der Waals surface area contributed by atoms with Crippen LogP contribution in [0.25, 0.3) is 0 Å². The number of primary amides is 1. The van der Waals surface area contributed by atoms with Gasteiger partial charge in [-0.15, -0.1) is 0 Å². The van der Waals surface area contributed by atoms with E-state index in [0.717, 1.165) is 0 Å². The fraction of sp³-hybridized carbons (Fsp3) is 0.200. The van der Waals surface area contributed by atoms with Gasteiger partial charge >= 0.3 is 0 Å². The van der Waals surface area contributed by atoms with Crippen molar-refractivity contribution in [1.29, 1.82) is 0 Å². The number of nitrogens with one attached hydrogen (secondary N) is 1. The van der Waals surface area contributed by atoms with Crippen LogP contribution in [-0.4, -0.2) is 18.7 Å². The van der Waals surface area contributed by atoms with E-state index in [2.05, 4.69) is 16.9 Å². The monoisotopic (exact) mass is 238 g/mol. The average molecular weight is 238 g/mol. The fourth-order valence-corrected chi connectivity index (χ4v) is 2.08. The Labute approximate surface area is 98.4 Å². The summed E-state index contributed by atoms with van der Waals surface area (Å²) in [4.78, 5) is 16.4. The van der Waals surface area contributed by atoms with Crippen molar-refractivity contribution in [2.45, 2.75) is 6.92 Å². The molecule has 16 heavy (non-hydrogen) atoms. The Morgan fingerprint density at radius 2 is 2.19 bits per heavy atom. The molecule has 5 N–H and O–H groups in total. The van der Waals surface area contributed by atoms with Crippen molar-refractivity contribution in [3.05, 3.63) is 34.0 Å². The highest BCUT2D eigenvalue weighted by atomic mass is 32.2. The molecule has 0 bridgehead atoms. The summed E-state index contributed by atoms with van der Waals surface area (Å²) in [6.45, 7) is 5.55. The maximum atomic E-state index is 11.2. The van der Waals surface area contributed by atoms with E-state index in [-0.39, 0.29) is 0 Å². The van der Waals surface area contributed by atoms with Crippen molar-refractivity contribution in [3.63, 3.8) is 0 Å². The molecule has 6 heteroatoms. The van der Waals surface area contributed by atoms with E-state index in [1.54, 1.807) is 14.0 Å². The van der Waals surface area contributed by atoms with Gasteiger partial charge in [0.05, 0.1) is 5.70 Å². The van der Waals surface area contributed by atoms with Crippen LogP contribution in [0, 0.1) is 0 Å². The minimum Gasteiger partial charge on any atom is -0.401 e. The molecule has 0 fully saturated rings. The topological polar surface area (TPSA) is 93.5 Å². The molecule has 1 heterocycles.